The van der Waals surface area contributed by atoms with Gasteiger partial charge in [0.05, 0.1) is 9.82 Å². The predicted octanol–water partition coefficient (Wildman–Crippen LogP) is 3.21. The van der Waals surface area contributed by atoms with E-state index in [4.69, 9.17) is 5.73 Å². The first-order chi connectivity index (χ1) is 9.49. The highest BCUT2D eigenvalue weighted by Crippen LogP contribution is 2.30. The van der Waals surface area contributed by atoms with Gasteiger partial charge in [-0.1, -0.05) is 37.3 Å². The Bertz CT molecular complexity index is 609. The third kappa shape index (κ3) is 3.08. The van der Waals surface area contributed by atoms with Crippen molar-refractivity contribution >= 4 is 24.1 Å². The second-order valence-corrected chi connectivity index (χ2v) is 5.12. The van der Waals surface area contributed by atoms with E-state index in [0.717, 1.165) is 0 Å². The zero-order chi connectivity index (χ0) is 14.7. The van der Waals surface area contributed by atoms with Gasteiger partial charge >= 0.3 is 5.69 Å². The van der Waals surface area contributed by atoms with Crippen molar-refractivity contribution in [2.24, 2.45) is 0 Å². The van der Waals surface area contributed by atoms with E-state index in [9.17, 15) is 10.1 Å². The summed E-state index contributed by atoms with van der Waals surface area (Å²) in [6, 6.07) is 11.6. The highest BCUT2D eigenvalue weighted by atomic mass is 32.1. The molecule has 1 atom stereocenters. The lowest BCUT2D eigenvalue weighted by molar-refractivity contribution is -0.387. The molecule has 1 heterocycles. The van der Waals surface area contributed by atoms with Crippen LogP contribution >= 0.6 is 12.6 Å². The van der Waals surface area contributed by atoms with E-state index < -0.39 is 4.92 Å². The second kappa shape index (κ2) is 5.92. The van der Waals surface area contributed by atoms with Gasteiger partial charge in [0.2, 0.25) is 5.82 Å². The van der Waals surface area contributed by atoms with Gasteiger partial charge in [0, 0.05) is 5.69 Å². The Balaban J connectivity index is 2.25. The minimum Gasteiger partial charge on any atom is -0.378 e. The second-order valence-electron chi connectivity index (χ2n) is 4.64. The number of nitrogen functional groups attached to an aromatic ring is 1. The number of thiol groups is 1. The molecule has 0 radical (unpaired) electrons. The molecule has 0 amide bonds. The minimum atomic E-state index is -0.560. The van der Waals surface area contributed by atoms with Crippen LogP contribution in [0.4, 0.5) is 11.5 Å². The molecule has 0 spiro atoms. The number of pyridine rings is 1. The standard InChI is InChI=1S/C14H15N3O2S/c1-9(10-5-3-2-4-6-10)7-11-8-12(20)13(17(18)19)14(15)16-11/h2-6,8-9H,7H2,1H3,(H3,15,16,20). The van der Waals surface area contributed by atoms with E-state index in [2.05, 4.69) is 24.5 Å². The molecule has 6 heteroatoms. The summed E-state index contributed by atoms with van der Waals surface area (Å²) in [4.78, 5) is 14.6. The molecule has 2 rings (SSSR count). The predicted molar refractivity (Wildman–Crippen MR) is 81.1 cm³/mol. The Morgan fingerprint density at radius 2 is 2.05 bits per heavy atom. The number of aromatic nitrogens is 1. The van der Waals surface area contributed by atoms with Crippen molar-refractivity contribution in [2.75, 3.05) is 5.73 Å². The summed E-state index contributed by atoms with van der Waals surface area (Å²) < 4.78 is 0. The van der Waals surface area contributed by atoms with Crippen LogP contribution in [0.25, 0.3) is 0 Å². The summed E-state index contributed by atoms with van der Waals surface area (Å²) in [6.45, 7) is 2.08. The molecule has 1 aromatic heterocycles. The Morgan fingerprint density at radius 1 is 1.40 bits per heavy atom. The maximum Gasteiger partial charge on any atom is 0.324 e. The van der Waals surface area contributed by atoms with Crippen LogP contribution in [-0.4, -0.2) is 9.91 Å². The number of nitrogens with zero attached hydrogens (tertiary/aromatic N) is 2. The van der Waals surface area contributed by atoms with Gasteiger partial charge in [-0.15, -0.1) is 12.6 Å². The van der Waals surface area contributed by atoms with Crippen LogP contribution in [0.2, 0.25) is 0 Å². The molecule has 0 bridgehead atoms. The zero-order valence-corrected chi connectivity index (χ0v) is 11.9. The molecular formula is C14H15N3O2S. The third-order valence-electron chi connectivity index (χ3n) is 3.12. The lowest BCUT2D eigenvalue weighted by Gasteiger charge is -2.12. The summed E-state index contributed by atoms with van der Waals surface area (Å²) in [5.41, 5.74) is 7.29. The first-order valence-corrected chi connectivity index (χ1v) is 6.61. The SMILES string of the molecule is CC(Cc1cc(S)c([N+](=O)[O-])c(N)n1)c1ccccc1. The largest absolute Gasteiger partial charge is 0.378 e. The number of nitro groups is 1. The normalized spacial score (nSPS) is 12.1. The first kappa shape index (κ1) is 14.3. The molecule has 0 fully saturated rings. The van der Waals surface area contributed by atoms with E-state index in [1.165, 1.54) is 5.56 Å². The fourth-order valence-electron chi connectivity index (χ4n) is 2.10. The van der Waals surface area contributed by atoms with E-state index in [1.807, 2.05) is 30.3 Å². The fourth-order valence-corrected chi connectivity index (χ4v) is 2.45. The molecule has 0 saturated heterocycles. The molecule has 1 unspecified atom stereocenters. The van der Waals surface area contributed by atoms with Gasteiger partial charge in [-0.3, -0.25) is 10.1 Å². The van der Waals surface area contributed by atoms with Crippen LogP contribution in [0, 0.1) is 10.1 Å². The Kier molecular flexibility index (Phi) is 4.24. The summed E-state index contributed by atoms with van der Waals surface area (Å²) >= 11 is 4.12. The van der Waals surface area contributed by atoms with Crippen molar-refractivity contribution in [3.8, 4) is 0 Å². The topological polar surface area (TPSA) is 82.0 Å². The van der Waals surface area contributed by atoms with Crippen LogP contribution in [-0.2, 0) is 6.42 Å². The van der Waals surface area contributed by atoms with E-state index in [-0.39, 0.29) is 22.3 Å². The van der Waals surface area contributed by atoms with Crippen LogP contribution in [0.15, 0.2) is 41.3 Å². The van der Waals surface area contributed by atoms with E-state index >= 15 is 0 Å². The maximum atomic E-state index is 10.8. The molecule has 2 aromatic rings. The van der Waals surface area contributed by atoms with E-state index in [0.29, 0.717) is 12.1 Å². The monoisotopic (exact) mass is 289 g/mol. The van der Waals surface area contributed by atoms with Crippen molar-refractivity contribution in [2.45, 2.75) is 24.2 Å². The van der Waals surface area contributed by atoms with Gasteiger partial charge in [-0.2, -0.15) is 0 Å². The number of rotatable bonds is 4. The number of benzene rings is 1. The molecule has 0 aliphatic rings. The van der Waals surface area contributed by atoms with Gasteiger partial charge in [-0.25, -0.2) is 4.98 Å². The molecule has 0 saturated carbocycles. The quantitative estimate of drug-likeness (QED) is 0.514. The highest BCUT2D eigenvalue weighted by molar-refractivity contribution is 7.80. The lowest BCUT2D eigenvalue weighted by atomic mass is 9.96. The zero-order valence-electron chi connectivity index (χ0n) is 11.0. The summed E-state index contributed by atoms with van der Waals surface area (Å²) in [7, 11) is 0. The number of anilines is 1. The fraction of sp³-hybridized carbons (Fsp3) is 0.214. The van der Waals surface area contributed by atoms with Gasteiger partial charge in [-0.05, 0) is 24.0 Å². The summed E-state index contributed by atoms with van der Waals surface area (Å²) in [6.07, 6.45) is 0.653. The number of nitrogens with two attached hydrogens (primary N) is 1. The Morgan fingerprint density at radius 3 is 2.60 bits per heavy atom. The molecule has 0 aliphatic carbocycles. The number of hydrogen-bond acceptors (Lipinski definition) is 5. The van der Waals surface area contributed by atoms with Crippen molar-refractivity contribution < 1.29 is 4.92 Å². The maximum absolute atomic E-state index is 10.8. The summed E-state index contributed by atoms with van der Waals surface area (Å²) in [5, 5.41) is 10.8. The van der Waals surface area contributed by atoms with Gasteiger partial charge in [0.1, 0.15) is 0 Å². The van der Waals surface area contributed by atoms with Gasteiger partial charge < -0.3 is 5.73 Å². The number of hydrogen-bond donors (Lipinski definition) is 2. The average molecular weight is 289 g/mol. The van der Waals surface area contributed by atoms with Crippen molar-refractivity contribution in [1.82, 2.24) is 4.98 Å². The highest BCUT2D eigenvalue weighted by Gasteiger charge is 2.19. The lowest BCUT2D eigenvalue weighted by Crippen LogP contribution is -2.05. The first-order valence-electron chi connectivity index (χ1n) is 6.16. The molecule has 2 N–H and O–H groups in total. The van der Waals surface area contributed by atoms with E-state index in [1.54, 1.807) is 6.07 Å². The Hall–Kier alpha value is -2.08. The van der Waals surface area contributed by atoms with Gasteiger partial charge in [0.15, 0.2) is 0 Å². The van der Waals surface area contributed by atoms with Crippen LogP contribution in [0.3, 0.4) is 0 Å². The minimum absolute atomic E-state index is 0.0854. The molecule has 20 heavy (non-hydrogen) atoms. The molecular weight excluding hydrogens is 274 g/mol. The average Bonchev–Trinajstić information content (AvgIpc) is 2.38. The van der Waals surface area contributed by atoms with Crippen LogP contribution in [0.5, 0.6) is 0 Å². The molecule has 104 valence electrons. The molecule has 1 aromatic carbocycles. The van der Waals surface area contributed by atoms with Crippen molar-refractivity contribution in [3.05, 3.63) is 57.8 Å². The van der Waals surface area contributed by atoms with Crippen LogP contribution < -0.4 is 5.73 Å². The smallest absolute Gasteiger partial charge is 0.324 e. The van der Waals surface area contributed by atoms with Crippen molar-refractivity contribution in [1.29, 1.82) is 0 Å². The van der Waals surface area contributed by atoms with Crippen molar-refractivity contribution in [3.63, 3.8) is 0 Å². The molecule has 0 aliphatic heterocycles. The summed E-state index contributed by atoms with van der Waals surface area (Å²) in [5.74, 6) is 0.162. The third-order valence-corrected chi connectivity index (χ3v) is 3.46. The van der Waals surface area contributed by atoms with Gasteiger partial charge in [0.25, 0.3) is 0 Å². The molecule has 5 nitrogen and oxygen atoms in total. The Labute approximate surface area is 122 Å². The van der Waals surface area contributed by atoms with Crippen LogP contribution in [0.1, 0.15) is 24.1 Å².